The van der Waals surface area contributed by atoms with E-state index in [0.717, 1.165) is 36.7 Å². The number of carboxylic acids is 1. The molecule has 11 heteroatoms. The number of benzene rings is 2. The van der Waals surface area contributed by atoms with E-state index in [1.165, 1.54) is 12.1 Å². The Morgan fingerprint density at radius 1 is 0.906 bits per heavy atom. The van der Waals surface area contributed by atoms with E-state index in [1.807, 2.05) is 5.32 Å². The maximum atomic E-state index is 13.0. The van der Waals surface area contributed by atoms with E-state index in [0.29, 0.717) is 5.56 Å². The predicted octanol–water partition coefficient (Wildman–Crippen LogP) is 0.769. The van der Waals surface area contributed by atoms with Gasteiger partial charge in [-0.25, -0.2) is 19.2 Å². The van der Waals surface area contributed by atoms with Crippen LogP contribution in [0.2, 0.25) is 0 Å². The van der Waals surface area contributed by atoms with Crippen molar-refractivity contribution in [1.82, 2.24) is 20.6 Å². The zero-order valence-corrected chi connectivity index (χ0v) is 16.3. The van der Waals surface area contributed by atoms with Crippen LogP contribution in [0.3, 0.4) is 0 Å². The standard InChI is InChI=1S/C21H17FN4O6/c22-15-7-5-14(6-8-15)21(31,32)26-19(28)17-9-16(24-11-25-17)18(27)23-10-12-1-3-13(4-2-12)20(29)30/h1-9,11,31-32H,10H2,(H,23,27)(H,26,28)(H,29,30). The van der Waals surface area contributed by atoms with E-state index in [9.17, 15) is 29.0 Å². The minimum Gasteiger partial charge on any atom is -0.478 e. The van der Waals surface area contributed by atoms with Gasteiger partial charge in [0.1, 0.15) is 23.5 Å². The Hall–Kier alpha value is -4.22. The SMILES string of the molecule is O=C(O)c1ccc(CNC(=O)c2cc(C(=O)NC(O)(O)c3ccc(F)cc3)ncn2)cc1. The van der Waals surface area contributed by atoms with E-state index in [4.69, 9.17) is 5.11 Å². The first-order valence-electron chi connectivity index (χ1n) is 9.11. The number of aromatic nitrogens is 2. The van der Waals surface area contributed by atoms with Crippen molar-refractivity contribution in [3.8, 4) is 0 Å². The van der Waals surface area contributed by atoms with Crippen LogP contribution < -0.4 is 10.6 Å². The lowest BCUT2D eigenvalue weighted by molar-refractivity contribution is -0.185. The summed E-state index contributed by atoms with van der Waals surface area (Å²) in [5, 5.41) is 33.6. The normalized spacial score (nSPS) is 11.0. The Balaban J connectivity index is 1.65. The number of halogens is 1. The first-order chi connectivity index (χ1) is 15.2. The second-order valence-electron chi connectivity index (χ2n) is 6.61. The fourth-order valence-electron chi connectivity index (χ4n) is 2.62. The third-order valence-corrected chi connectivity index (χ3v) is 4.32. The number of hydrogen-bond acceptors (Lipinski definition) is 7. The molecule has 0 atom stereocenters. The molecule has 0 radical (unpaired) electrons. The second-order valence-corrected chi connectivity index (χ2v) is 6.61. The number of nitrogens with zero attached hydrogens (tertiary/aromatic N) is 2. The maximum absolute atomic E-state index is 13.0. The maximum Gasteiger partial charge on any atom is 0.335 e. The van der Waals surface area contributed by atoms with Gasteiger partial charge in [-0.15, -0.1) is 0 Å². The summed E-state index contributed by atoms with van der Waals surface area (Å²) in [5.41, 5.74) is 0.0883. The number of aromatic carboxylic acids is 1. The molecule has 0 spiro atoms. The molecule has 0 unspecified atom stereocenters. The topological polar surface area (TPSA) is 162 Å². The van der Waals surface area contributed by atoms with Crippen molar-refractivity contribution in [3.63, 3.8) is 0 Å². The summed E-state index contributed by atoms with van der Waals surface area (Å²) in [6.07, 6.45) is 0.958. The summed E-state index contributed by atoms with van der Waals surface area (Å²) in [7, 11) is 0. The zero-order chi connectivity index (χ0) is 23.3. The van der Waals surface area contributed by atoms with Gasteiger partial charge in [0.15, 0.2) is 0 Å². The highest BCUT2D eigenvalue weighted by atomic mass is 19.1. The van der Waals surface area contributed by atoms with Gasteiger partial charge in [-0.3, -0.25) is 14.9 Å². The zero-order valence-electron chi connectivity index (χ0n) is 16.3. The van der Waals surface area contributed by atoms with Crippen molar-refractivity contribution < 1.29 is 34.1 Å². The minimum absolute atomic E-state index is 0.0746. The first kappa shape index (κ1) is 22.5. The van der Waals surface area contributed by atoms with Crippen LogP contribution in [0.1, 0.15) is 42.5 Å². The minimum atomic E-state index is -2.81. The highest BCUT2D eigenvalue weighted by molar-refractivity contribution is 5.97. The molecule has 10 nitrogen and oxygen atoms in total. The molecule has 0 aliphatic rings. The second kappa shape index (κ2) is 9.29. The van der Waals surface area contributed by atoms with Crippen LogP contribution in [-0.2, 0) is 12.5 Å². The van der Waals surface area contributed by atoms with Gasteiger partial charge in [-0.2, -0.15) is 0 Å². The molecule has 1 heterocycles. The molecule has 3 aromatic rings. The van der Waals surface area contributed by atoms with Crippen LogP contribution in [0.25, 0.3) is 0 Å². The van der Waals surface area contributed by atoms with E-state index in [2.05, 4.69) is 15.3 Å². The van der Waals surface area contributed by atoms with Crippen molar-refractivity contribution in [2.24, 2.45) is 0 Å². The lowest BCUT2D eigenvalue weighted by atomic mass is 10.1. The van der Waals surface area contributed by atoms with E-state index in [1.54, 1.807) is 12.1 Å². The molecule has 2 amide bonds. The molecule has 5 N–H and O–H groups in total. The van der Waals surface area contributed by atoms with Crippen LogP contribution in [0.15, 0.2) is 60.9 Å². The number of rotatable bonds is 7. The Labute approximate surface area is 180 Å². The summed E-state index contributed by atoms with van der Waals surface area (Å²) in [6.45, 7) is 0.0746. The molecule has 164 valence electrons. The van der Waals surface area contributed by atoms with Crippen LogP contribution in [-0.4, -0.2) is 43.1 Å². The molecule has 2 aromatic carbocycles. The predicted molar refractivity (Wildman–Crippen MR) is 107 cm³/mol. The average Bonchev–Trinajstić information content (AvgIpc) is 2.77. The van der Waals surface area contributed by atoms with Crippen LogP contribution in [0, 0.1) is 5.82 Å². The molecule has 3 rings (SSSR count). The molecule has 0 saturated carbocycles. The number of carbonyl (C=O) groups excluding carboxylic acids is 2. The molecule has 1 aromatic heterocycles. The molecule has 0 fully saturated rings. The van der Waals surface area contributed by atoms with Gasteiger partial charge in [0, 0.05) is 18.2 Å². The smallest absolute Gasteiger partial charge is 0.335 e. The lowest BCUT2D eigenvalue weighted by Gasteiger charge is -2.23. The number of hydrogen-bond donors (Lipinski definition) is 5. The lowest BCUT2D eigenvalue weighted by Crippen LogP contribution is -2.46. The van der Waals surface area contributed by atoms with Crippen molar-refractivity contribution in [3.05, 3.63) is 94.8 Å². The largest absolute Gasteiger partial charge is 0.478 e. The Kier molecular flexibility index (Phi) is 6.52. The molecular weight excluding hydrogens is 423 g/mol. The molecule has 32 heavy (non-hydrogen) atoms. The van der Waals surface area contributed by atoms with Crippen molar-refractivity contribution in [2.45, 2.75) is 12.5 Å². The summed E-state index contributed by atoms with van der Waals surface area (Å²) < 4.78 is 13.0. The van der Waals surface area contributed by atoms with Crippen LogP contribution in [0.5, 0.6) is 0 Å². The summed E-state index contributed by atoms with van der Waals surface area (Å²) in [5.74, 6) is -6.12. The summed E-state index contributed by atoms with van der Waals surface area (Å²) >= 11 is 0. The van der Waals surface area contributed by atoms with E-state index < -0.39 is 29.5 Å². The van der Waals surface area contributed by atoms with Crippen molar-refractivity contribution in [1.29, 1.82) is 0 Å². The van der Waals surface area contributed by atoms with Gasteiger partial charge >= 0.3 is 5.97 Å². The Morgan fingerprint density at radius 2 is 1.50 bits per heavy atom. The third kappa shape index (κ3) is 5.47. The molecule has 0 saturated heterocycles. The fourth-order valence-corrected chi connectivity index (χ4v) is 2.62. The van der Waals surface area contributed by atoms with E-state index in [-0.39, 0.29) is 29.1 Å². The fraction of sp³-hybridized carbons (Fsp3) is 0.0952. The van der Waals surface area contributed by atoms with Gasteiger partial charge in [0.2, 0.25) is 0 Å². The van der Waals surface area contributed by atoms with Gasteiger partial charge < -0.3 is 20.6 Å². The quantitative estimate of drug-likeness (QED) is 0.337. The van der Waals surface area contributed by atoms with Crippen molar-refractivity contribution >= 4 is 17.8 Å². The highest BCUT2D eigenvalue weighted by Crippen LogP contribution is 2.16. The summed E-state index contributed by atoms with van der Waals surface area (Å²) in [6, 6.07) is 11.1. The van der Waals surface area contributed by atoms with Crippen LogP contribution in [0.4, 0.5) is 4.39 Å². The first-order valence-corrected chi connectivity index (χ1v) is 9.11. The monoisotopic (exact) mass is 440 g/mol. The third-order valence-electron chi connectivity index (χ3n) is 4.32. The Bertz CT molecular complexity index is 1150. The number of nitrogens with one attached hydrogen (secondary N) is 2. The number of carboxylic acid groups (broad SMARTS) is 1. The number of amides is 2. The average molecular weight is 440 g/mol. The van der Waals surface area contributed by atoms with Gasteiger partial charge in [0.05, 0.1) is 5.56 Å². The van der Waals surface area contributed by atoms with Gasteiger partial charge in [-0.1, -0.05) is 12.1 Å². The number of aliphatic hydroxyl groups is 2. The van der Waals surface area contributed by atoms with Gasteiger partial charge in [0.25, 0.3) is 17.7 Å². The molecule has 0 aliphatic carbocycles. The van der Waals surface area contributed by atoms with Gasteiger partial charge in [-0.05, 0) is 42.0 Å². The number of carbonyl (C=O) groups is 3. The van der Waals surface area contributed by atoms with Crippen LogP contribution >= 0.6 is 0 Å². The highest BCUT2D eigenvalue weighted by Gasteiger charge is 2.29. The molecular formula is C21H17FN4O6. The van der Waals surface area contributed by atoms with Crippen molar-refractivity contribution in [2.75, 3.05) is 0 Å². The molecule has 0 bridgehead atoms. The summed E-state index contributed by atoms with van der Waals surface area (Å²) in [4.78, 5) is 43.1. The molecule has 0 aliphatic heterocycles. The Morgan fingerprint density at radius 3 is 2.09 bits per heavy atom. The van der Waals surface area contributed by atoms with E-state index >= 15 is 0 Å².